The van der Waals surface area contributed by atoms with Gasteiger partial charge in [-0.25, -0.2) is 0 Å². The highest BCUT2D eigenvalue weighted by molar-refractivity contribution is 5.91. The first-order chi connectivity index (χ1) is 10.5. The minimum atomic E-state index is 0.0449. The van der Waals surface area contributed by atoms with Crippen LogP contribution in [0.2, 0.25) is 0 Å². The fraction of sp³-hybridized carbons (Fsp3) is 0.588. The third-order valence-electron chi connectivity index (χ3n) is 4.16. The SMILES string of the molecule is COc1ccc(NC(=O)C[NH+]2C[C@H](C)C[C@H](C)C2)cc1OC. The molecule has 1 fully saturated rings. The van der Waals surface area contributed by atoms with Gasteiger partial charge in [-0.3, -0.25) is 4.79 Å². The Bertz CT molecular complexity index is 509. The Balaban J connectivity index is 1.94. The molecule has 1 aliphatic rings. The van der Waals surface area contributed by atoms with Crippen LogP contribution in [-0.2, 0) is 4.79 Å². The van der Waals surface area contributed by atoms with E-state index in [0.717, 1.165) is 18.8 Å². The minimum Gasteiger partial charge on any atom is -0.493 e. The van der Waals surface area contributed by atoms with Gasteiger partial charge in [0.2, 0.25) is 0 Å². The maximum atomic E-state index is 12.2. The summed E-state index contributed by atoms with van der Waals surface area (Å²) >= 11 is 0. The normalized spacial score (nSPS) is 24.6. The highest BCUT2D eigenvalue weighted by atomic mass is 16.5. The number of ether oxygens (including phenoxy) is 2. The average molecular weight is 307 g/mol. The predicted molar refractivity (Wildman–Crippen MR) is 86.7 cm³/mol. The van der Waals surface area contributed by atoms with Gasteiger partial charge in [0.05, 0.1) is 27.3 Å². The molecule has 3 atom stereocenters. The summed E-state index contributed by atoms with van der Waals surface area (Å²) in [6.07, 6.45) is 1.26. The van der Waals surface area contributed by atoms with Crippen molar-refractivity contribution in [3.8, 4) is 11.5 Å². The number of piperidine rings is 1. The quantitative estimate of drug-likeness (QED) is 0.859. The van der Waals surface area contributed by atoms with E-state index in [2.05, 4.69) is 19.2 Å². The molecule has 2 N–H and O–H groups in total. The van der Waals surface area contributed by atoms with Crippen LogP contribution in [-0.4, -0.2) is 39.8 Å². The van der Waals surface area contributed by atoms with Crippen LogP contribution in [0.5, 0.6) is 11.5 Å². The number of rotatable bonds is 5. The molecular formula is C17H27N2O3+. The van der Waals surface area contributed by atoms with Crippen LogP contribution in [0.1, 0.15) is 20.3 Å². The van der Waals surface area contributed by atoms with Crippen LogP contribution < -0.4 is 19.7 Å². The molecule has 1 amide bonds. The first-order valence-electron chi connectivity index (χ1n) is 7.87. The van der Waals surface area contributed by atoms with E-state index in [9.17, 15) is 4.79 Å². The number of hydrogen-bond acceptors (Lipinski definition) is 3. The van der Waals surface area contributed by atoms with Crippen LogP contribution in [0, 0.1) is 11.8 Å². The molecule has 122 valence electrons. The van der Waals surface area contributed by atoms with Gasteiger partial charge in [-0.1, -0.05) is 13.8 Å². The Hall–Kier alpha value is -1.75. The van der Waals surface area contributed by atoms with E-state index < -0.39 is 0 Å². The first kappa shape index (κ1) is 16.6. The number of methoxy groups -OCH3 is 2. The number of carbonyl (C=O) groups excluding carboxylic acids is 1. The van der Waals surface area contributed by atoms with Gasteiger partial charge in [0.25, 0.3) is 5.91 Å². The summed E-state index contributed by atoms with van der Waals surface area (Å²) in [5.74, 6) is 2.70. The van der Waals surface area contributed by atoms with Crippen molar-refractivity contribution < 1.29 is 19.2 Å². The lowest BCUT2D eigenvalue weighted by atomic mass is 9.92. The third kappa shape index (κ3) is 4.37. The number of anilines is 1. The highest BCUT2D eigenvalue weighted by Crippen LogP contribution is 2.29. The average Bonchev–Trinajstić information content (AvgIpc) is 2.45. The van der Waals surface area contributed by atoms with Gasteiger partial charge in [-0.2, -0.15) is 0 Å². The number of likely N-dealkylation sites (tertiary alicyclic amines) is 1. The molecule has 5 heteroatoms. The van der Waals surface area contributed by atoms with Gasteiger partial charge in [0.15, 0.2) is 18.0 Å². The Labute approximate surface area is 132 Å². The molecular weight excluding hydrogens is 280 g/mol. The highest BCUT2D eigenvalue weighted by Gasteiger charge is 2.26. The van der Waals surface area contributed by atoms with E-state index in [-0.39, 0.29) is 5.91 Å². The van der Waals surface area contributed by atoms with Crippen molar-refractivity contribution in [1.29, 1.82) is 0 Å². The first-order valence-corrected chi connectivity index (χ1v) is 7.87. The maximum Gasteiger partial charge on any atom is 0.279 e. The monoisotopic (exact) mass is 307 g/mol. The molecule has 5 nitrogen and oxygen atoms in total. The van der Waals surface area contributed by atoms with Gasteiger partial charge >= 0.3 is 0 Å². The van der Waals surface area contributed by atoms with Crippen molar-refractivity contribution in [2.24, 2.45) is 11.8 Å². The lowest BCUT2D eigenvalue weighted by molar-refractivity contribution is -0.904. The van der Waals surface area contributed by atoms with Crippen LogP contribution in [0.15, 0.2) is 18.2 Å². The van der Waals surface area contributed by atoms with Crippen molar-refractivity contribution in [1.82, 2.24) is 0 Å². The predicted octanol–water partition coefficient (Wildman–Crippen LogP) is 1.20. The molecule has 0 saturated carbocycles. The number of benzene rings is 1. The molecule has 1 saturated heterocycles. The van der Waals surface area contributed by atoms with E-state index in [0.29, 0.717) is 29.9 Å². The third-order valence-corrected chi connectivity index (χ3v) is 4.16. The van der Waals surface area contributed by atoms with Crippen molar-refractivity contribution in [3.05, 3.63) is 18.2 Å². The molecule has 1 heterocycles. The molecule has 1 aliphatic heterocycles. The van der Waals surface area contributed by atoms with Crippen LogP contribution >= 0.6 is 0 Å². The number of carbonyl (C=O) groups is 1. The lowest BCUT2D eigenvalue weighted by Crippen LogP contribution is -3.15. The fourth-order valence-electron chi connectivity index (χ4n) is 3.41. The summed E-state index contributed by atoms with van der Waals surface area (Å²) in [6, 6.07) is 5.41. The van der Waals surface area contributed by atoms with E-state index >= 15 is 0 Å². The number of quaternary nitrogens is 1. The van der Waals surface area contributed by atoms with E-state index in [1.165, 1.54) is 11.3 Å². The van der Waals surface area contributed by atoms with Crippen molar-refractivity contribution in [2.75, 3.05) is 39.2 Å². The van der Waals surface area contributed by atoms with Crippen LogP contribution in [0.4, 0.5) is 5.69 Å². The molecule has 2 rings (SSSR count). The minimum absolute atomic E-state index is 0.0449. The lowest BCUT2D eigenvalue weighted by Gasteiger charge is -2.31. The molecule has 1 unspecified atom stereocenters. The molecule has 0 spiro atoms. The zero-order chi connectivity index (χ0) is 16.1. The number of amides is 1. The van der Waals surface area contributed by atoms with Gasteiger partial charge in [-0.05, 0) is 18.6 Å². The Kier molecular flexibility index (Phi) is 5.66. The number of hydrogen-bond donors (Lipinski definition) is 2. The maximum absolute atomic E-state index is 12.2. The molecule has 1 aromatic carbocycles. The van der Waals surface area contributed by atoms with Crippen molar-refractivity contribution >= 4 is 11.6 Å². The Morgan fingerprint density at radius 1 is 1.18 bits per heavy atom. The van der Waals surface area contributed by atoms with E-state index in [1.807, 2.05) is 6.07 Å². The second-order valence-electron chi connectivity index (χ2n) is 6.40. The van der Waals surface area contributed by atoms with E-state index in [1.54, 1.807) is 26.4 Å². The summed E-state index contributed by atoms with van der Waals surface area (Å²) in [6.45, 7) is 7.19. The summed E-state index contributed by atoms with van der Waals surface area (Å²) < 4.78 is 10.5. The molecule has 22 heavy (non-hydrogen) atoms. The van der Waals surface area contributed by atoms with Gasteiger partial charge in [-0.15, -0.1) is 0 Å². The molecule has 0 aromatic heterocycles. The second kappa shape index (κ2) is 7.49. The van der Waals surface area contributed by atoms with Gasteiger partial charge in [0.1, 0.15) is 0 Å². The fourth-order valence-corrected chi connectivity index (χ4v) is 3.41. The zero-order valence-corrected chi connectivity index (χ0v) is 13.9. The molecule has 1 aromatic rings. The van der Waals surface area contributed by atoms with Crippen molar-refractivity contribution in [2.45, 2.75) is 20.3 Å². The van der Waals surface area contributed by atoms with Crippen LogP contribution in [0.3, 0.4) is 0 Å². The smallest absolute Gasteiger partial charge is 0.279 e. The zero-order valence-electron chi connectivity index (χ0n) is 13.9. The topological polar surface area (TPSA) is 52.0 Å². The molecule has 0 bridgehead atoms. The van der Waals surface area contributed by atoms with Crippen molar-refractivity contribution in [3.63, 3.8) is 0 Å². The summed E-state index contributed by atoms with van der Waals surface area (Å²) in [5.41, 5.74) is 0.736. The Morgan fingerprint density at radius 3 is 2.41 bits per heavy atom. The Morgan fingerprint density at radius 2 is 1.82 bits per heavy atom. The largest absolute Gasteiger partial charge is 0.493 e. The van der Waals surface area contributed by atoms with Gasteiger partial charge < -0.3 is 19.7 Å². The second-order valence-corrected chi connectivity index (χ2v) is 6.40. The van der Waals surface area contributed by atoms with E-state index in [4.69, 9.17) is 9.47 Å². The van der Waals surface area contributed by atoms with Crippen LogP contribution in [0.25, 0.3) is 0 Å². The molecule has 0 radical (unpaired) electrons. The van der Waals surface area contributed by atoms with Gasteiger partial charge in [0, 0.05) is 23.6 Å². The summed E-state index contributed by atoms with van der Waals surface area (Å²) in [7, 11) is 3.18. The standard InChI is InChI=1S/C17H26N2O3/c1-12-7-13(2)10-19(9-12)11-17(20)18-14-5-6-15(21-3)16(8-14)22-4/h5-6,8,12-13H,7,9-11H2,1-4H3,(H,18,20)/p+1/t12-,13+. The molecule has 0 aliphatic carbocycles. The summed E-state index contributed by atoms with van der Waals surface area (Å²) in [5, 5.41) is 2.95. The summed E-state index contributed by atoms with van der Waals surface area (Å²) in [4.78, 5) is 13.6. The number of nitrogens with one attached hydrogen (secondary N) is 2.